The van der Waals surface area contributed by atoms with Gasteiger partial charge in [-0.15, -0.1) is 0 Å². The van der Waals surface area contributed by atoms with Gasteiger partial charge in [0.1, 0.15) is 18.3 Å². The molecule has 0 aliphatic heterocycles. The summed E-state index contributed by atoms with van der Waals surface area (Å²) in [4.78, 5) is 29.0. The summed E-state index contributed by atoms with van der Waals surface area (Å²) in [6, 6.07) is 19.4. The van der Waals surface area contributed by atoms with Crippen molar-refractivity contribution < 1.29 is 22.7 Å². The van der Waals surface area contributed by atoms with Crippen molar-refractivity contribution in [2.24, 2.45) is 0 Å². The minimum Gasteiger partial charge on any atom is -0.492 e. The van der Waals surface area contributed by atoms with E-state index in [1.807, 2.05) is 20.8 Å². The monoisotopic (exact) mass is 613 g/mol. The number of amides is 2. The van der Waals surface area contributed by atoms with Gasteiger partial charge in [-0.2, -0.15) is 0 Å². The largest absolute Gasteiger partial charge is 0.492 e. The van der Waals surface area contributed by atoms with E-state index in [1.54, 1.807) is 67.6 Å². The van der Waals surface area contributed by atoms with Gasteiger partial charge in [0, 0.05) is 18.1 Å². The quantitative estimate of drug-likeness (QED) is 0.213. The molecule has 0 saturated carbocycles. The Bertz CT molecular complexity index is 1430. The maximum atomic E-state index is 14.2. The molecule has 0 heterocycles. The average Bonchev–Trinajstić information content (AvgIpc) is 2.97. The molecule has 1 atom stereocenters. The molecule has 0 saturated heterocycles. The molecule has 2 amide bonds. The van der Waals surface area contributed by atoms with Crippen LogP contribution in [0.3, 0.4) is 0 Å². The van der Waals surface area contributed by atoms with E-state index in [9.17, 15) is 18.0 Å². The number of carbonyl (C=O) groups is 2. The summed E-state index contributed by atoms with van der Waals surface area (Å²) in [7, 11) is -4.20. The fraction of sp³-hybridized carbons (Fsp3) is 0.375. The Morgan fingerprint density at radius 2 is 1.62 bits per heavy atom. The second kappa shape index (κ2) is 15.6. The molecule has 1 N–H and O–H groups in total. The number of carbonyl (C=O) groups excluding carboxylic acids is 2. The third-order valence-electron chi connectivity index (χ3n) is 6.80. The summed E-state index contributed by atoms with van der Waals surface area (Å²) in [5, 5.41) is 3.48. The van der Waals surface area contributed by atoms with Crippen LogP contribution in [-0.2, 0) is 26.2 Å². The first-order valence-electron chi connectivity index (χ1n) is 14.2. The van der Waals surface area contributed by atoms with E-state index in [-0.39, 0.29) is 23.0 Å². The number of nitrogens with zero attached hydrogens (tertiary/aromatic N) is 2. The summed E-state index contributed by atoms with van der Waals surface area (Å²) < 4.78 is 35.1. The minimum atomic E-state index is -4.20. The first-order chi connectivity index (χ1) is 20.1. The van der Waals surface area contributed by atoms with Crippen molar-refractivity contribution >= 4 is 39.1 Å². The molecular formula is C32H40ClN3O5S. The molecule has 0 radical (unpaired) electrons. The third kappa shape index (κ3) is 8.49. The number of sulfonamides is 1. The Balaban J connectivity index is 2.08. The predicted molar refractivity (Wildman–Crippen MR) is 167 cm³/mol. The van der Waals surface area contributed by atoms with Gasteiger partial charge in [0.25, 0.3) is 10.0 Å². The van der Waals surface area contributed by atoms with Gasteiger partial charge < -0.3 is 15.0 Å². The molecule has 42 heavy (non-hydrogen) atoms. The summed E-state index contributed by atoms with van der Waals surface area (Å²) in [6.07, 6.45) is 2.07. The van der Waals surface area contributed by atoms with Gasteiger partial charge in [-0.05, 0) is 68.7 Å². The van der Waals surface area contributed by atoms with Gasteiger partial charge >= 0.3 is 0 Å². The van der Waals surface area contributed by atoms with Gasteiger partial charge in [0.05, 0.1) is 17.2 Å². The van der Waals surface area contributed by atoms with Crippen LogP contribution in [0, 0.1) is 6.92 Å². The van der Waals surface area contributed by atoms with Crippen molar-refractivity contribution in [2.45, 2.75) is 64.4 Å². The lowest BCUT2D eigenvalue weighted by Gasteiger charge is -2.33. The van der Waals surface area contributed by atoms with Crippen LogP contribution in [0.4, 0.5) is 5.69 Å². The lowest BCUT2D eigenvalue weighted by Crippen LogP contribution is -2.52. The van der Waals surface area contributed by atoms with Gasteiger partial charge in [-0.1, -0.05) is 73.8 Å². The van der Waals surface area contributed by atoms with Crippen LogP contribution < -0.4 is 14.4 Å². The molecule has 8 nitrogen and oxygen atoms in total. The number of benzene rings is 3. The number of nitrogens with one attached hydrogen (secondary N) is 1. The average molecular weight is 614 g/mol. The zero-order valence-electron chi connectivity index (χ0n) is 24.7. The Hall–Kier alpha value is -3.56. The van der Waals surface area contributed by atoms with E-state index < -0.39 is 28.5 Å². The highest BCUT2D eigenvalue weighted by molar-refractivity contribution is 7.92. The normalized spacial score (nSPS) is 11.9. The van der Waals surface area contributed by atoms with Gasteiger partial charge in [-0.25, -0.2) is 8.42 Å². The standard InChI is InChI=1S/C32H40ClN3O5S/c1-5-8-21-34-32(38)28(6-2)35(22-25-15-17-26(33)18-16-25)31(37)23-36(29-11-9-10-12-30(29)41-7-3)42(39,40)27-19-13-24(4)14-20-27/h9-20,28H,5-8,21-23H2,1-4H3,(H,34,38)/t28-/m1/s1. The van der Waals surface area contributed by atoms with Crippen molar-refractivity contribution in [2.75, 3.05) is 24.0 Å². The number of aryl methyl sites for hydroxylation is 1. The summed E-state index contributed by atoms with van der Waals surface area (Å²) >= 11 is 6.09. The smallest absolute Gasteiger partial charge is 0.264 e. The Labute approximate surface area is 254 Å². The van der Waals surface area contributed by atoms with E-state index >= 15 is 0 Å². The number of ether oxygens (including phenoxy) is 1. The van der Waals surface area contributed by atoms with E-state index in [4.69, 9.17) is 16.3 Å². The molecule has 0 aromatic heterocycles. The molecule has 0 spiro atoms. The number of rotatable bonds is 15. The van der Waals surface area contributed by atoms with Crippen LogP contribution in [0.2, 0.25) is 5.02 Å². The van der Waals surface area contributed by atoms with Crippen LogP contribution >= 0.6 is 11.6 Å². The molecule has 3 aromatic carbocycles. The van der Waals surface area contributed by atoms with Gasteiger partial charge in [-0.3, -0.25) is 13.9 Å². The van der Waals surface area contributed by atoms with Gasteiger partial charge in [0.2, 0.25) is 11.8 Å². The maximum absolute atomic E-state index is 14.2. The molecular weight excluding hydrogens is 574 g/mol. The second-order valence-electron chi connectivity index (χ2n) is 9.94. The van der Waals surface area contributed by atoms with Crippen LogP contribution in [-0.4, -0.2) is 50.9 Å². The SMILES string of the molecule is CCCCNC(=O)[C@@H](CC)N(Cc1ccc(Cl)cc1)C(=O)CN(c1ccccc1OCC)S(=O)(=O)c1ccc(C)cc1. The van der Waals surface area contributed by atoms with E-state index in [1.165, 1.54) is 17.0 Å². The van der Waals surface area contributed by atoms with Crippen LogP contribution in [0.25, 0.3) is 0 Å². The lowest BCUT2D eigenvalue weighted by molar-refractivity contribution is -0.140. The Kier molecular flexibility index (Phi) is 12.2. The number of anilines is 1. The third-order valence-corrected chi connectivity index (χ3v) is 8.83. The number of halogens is 1. The molecule has 0 aliphatic carbocycles. The predicted octanol–water partition coefficient (Wildman–Crippen LogP) is 5.97. The van der Waals surface area contributed by atoms with Crippen molar-refractivity contribution in [3.63, 3.8) is 0 Å². The topological polar surface area (TPSA) is 96.0 Å². The first-order valence-corrected chi connectivity index (χ1v) is 16.1. The van der Waals surface area contributed by atoms with E-state index in [0.29, 0.717) is 30.3 Å². The molecule has 3 rings (SSSR count). The number of para-hydroxylation sites is 2. The zero-order chi connectivity index (χ0) is 30.7. The van der Waals surface area contributed by atoms with E-state index in [2.05, 4.69) is 5.32 Å². The minimum absolute atomic E-state index is 0.0424. The van der Waals surface area contributed by atoms with Gasteiger partial charge in [0.15, 0.2) is 0 Å². The van der Waals surface area contributed by atoms with Crippen LogP contribution in [0.5, 0.6) is 5.75 Å². The highest BCUT2D eigenvalue weighted by Crippen LogP contribution is 2.33. The number of hydrogen-bond acceptors (Lipinski definition) is 5. The fourth-order valence-corrected chi connectivity index (χ4v) is 6.05. The van der Waals surface area contributed by atoms with E-state index in [0.717, 1.165) is 28.3 Å². The summed E-state index contributed by atoms with van der Waals surface area (Å²) in [5.41, 5.74) is 1.90. The molecule has 226 valence electrons. The Morgan fingerprint density at radius 1 is 0.952 bits per heavy atom. The van der Waals surface area contributed by atoms with Crippen molar-refractivity contribution in [3.05, 3.63) is 88.9 Å². The highest BCUT2D eigenvalue weighted by Gasteiger charge is 2.34. The molecule has 3 aromatic rings. The van der Waals surface area contributed by atoms with Crippen molar-refractivity contribution in [1.29, 1.82) is 0 Å². The maximum Gasteiger partial charge on any atom is 0.264 e. The zero-order valence-corrected chi connectivity index (χ0v) is 26.2. The lowest BCUT2D eigenvalue weighted by atomic mass is 10.1. The molecule has 10 heteroatoms. The van der Waals surface area contributed by atoms with Crippen LogP contribution in [0.1, 0.15) is 51.2 Å². The molecule has 0 unspecified atom stereocenters. The van der Waals surface area contributed by atoms with Crippen molar-refractivity contribution in [3.8, 4) is 5.75 Å². The molecule has 0 fully saturated rings. The number of hydrogen-bond donors (Lipinski definition) is 1. The first kappa shape index (κ1) is 32.9. The fourth-order valence-electron chi connectivity index (χ4n) is 4.50. The molecule has 0 bridgehead atoms. The van der Waals surface area contributed by atoms with Crippen LogP contribution in [0.15, 0.2) is 77.7 Å². The second-order valence-corrected chi connectivity index (χ2v) is 12.2. The summed E-state index contributed by atoms with van der Waals surface area (Å²) in [5.74, 6) is -0.475. The number of unbranched alkanes of at least 4 members (excludes halogenated alkanes) is 1. The molecule has 0 aliphatic rings. The van der Waals surface area contributed by atoms with Crippen molar-refractivity contribution in [1.82, 2.24) is 10.2 Å². The Morgan fingerprint density at radius 3 is 2.24 bits per heavy atom. The highest BCUT2D eigenvalue weighted by atomic mass is 35.5. The summed E-state index contributed by atoms with van der Waals surface area (Å²) in [6.45, 7) is 7.89.